The van der Waals surface area contributed by atoms with Gasteiger partial charge in [-0.05, 0) is 50.4 Å². The van der Waals surface area contributed by atoms with Crippen molar-refractivity contribution in [2.75, 3.05) is 18.0 Å². The van der Waals surface area contributed by atoms with E-state index in [1.165, 1.54) is 0 Å². The number of rotatable bonds is 7. The Balaban J connectivity index is 2.28. The van der Waals surface area contributed by atoms with Crippen molar-refractivity contribution < 1.29 is 0 Å². The first kappa shape index (κ1) is 18.9. The van der Waals surface area contributed by atoms with Gasteiger partial charge in [-0.2, -0.15) is 9.61 Å². The molecule has 0 amide bonds. The highest BCUT2D eigenvalue weighted by atomic mass is 16.3. The fourth-order valence-corrected chi connectivity index (χ4v) is 3.42. The van der Waals surface area contributed by atoms with Gasteiger partial charge in [0.15, 0.2) is 5.65 Å². The maximum absolute atomic E-state index is 11.4. The fraction of sp³-hybridized carbons (Fsp3) is 0.450. The Bertz CT molecular complexity index is 972. The van der Waals surface area contributed by atoms with Crippen LogP contribution in [-0.4, -0.2) is 32.7 Å². The number of aryl methyl sites for hydroxylation is 3. The van der Waals surface area contributed by atoms with E-state index >= 15 is 0 Å². The zero-order chi connectivity index (χ0) is 19.6. The highest BCUT2D eigenvalue weighted by Crippen LogP contribution is 2.35. The average Bonchev–Trinajstić information content (AvgIpc) is 2.96. The van der Waals surface area contributed by atoms with Crippen molar-refractivity contribution in [2.24, 2.45) is 5.18 Å². The van der Waals surface area contributed by atoms with E-state index in [0.29, 0.717) is 17.0 Å². The summed E-state index contributed by atoms with van der Waals surface area (Å²) in [6.45, 7) is 12.0. The number of nitrogens with zero attached hydrogens (tertiary/aromatic N) is 6. The van der Waals surface area contributed by atoms with Gasteiger partial charge in [0, 0.05) is 31.0 Å². The molecule has 27 heavy (non-hydrogen) atoms. The highest BCUT2D eigenvalue weighted by molar-refractivity contribution is 5.85. The summed E-state index contributed by atoms with van der Waals surface area (Å²) in [5.74, 6) is 1.02. The monoisotopic (exact) mass is 366 g/mol. The minimum atomic E-state index is 0.317. The number of anilines is 1. The smallest absolute Gasteiger partial charge is 0.167 e. The molecular weight excluding hydrogens is 340 g/mol. The van der Waals surface area contributed by atoms with Crippen molar-refractivity contribution >= 4 is 17.2 Å². The second kappa shape index (κ2) is 7.82. The van der Waals surface area contributed by atoms with E-state index in [4.69, 9.17) is 10.1 Å². The van der Waals surface area contributed by atoms with Crippen LogP contribution in [0.2, 0.25) is 0 Å². The van der Waals surface area contributed by atoms with Crippen LogP contribution in [0.25, 0.3) is 16.9 Å². The van der Waals surface area contributed by atoms with Crippen molar-refractivity contribution in [3.63, 3.8) is 0 Å². The molecular formula is C20H26N6O. The molecule has 0 saturated heterocycles. The van der Waals surface area contributed by atoms with E-state index in [9.17, 15) is 4.91 Å². The molecule has 0 unspecified atom stereocenters. The molecule has 0 aliphatic rings. The first-order valence-electron chi connectivity index (χ1n) is 9.42. The van der Waals surface area contributed by atoms with Crippen LogP contribution in [0.15, 0.2) is 23.5 Å². The summed E-state index contributed by atoms with van der Waals surface area (Å²) in [6.07, 6.45) is 3.84. The lowest BCUT2D eigenvalue weighted by molar-refractivity contribution is 0.713. The van der Waals surface area contributed by atoms with Crippen LogP contribution < -0.4 is 4.90 Å². The van der Waals surface area contributed by atoms with Crippen LogP contribution in [0.3, 0.4) is 0 Å². The first-order valence-corrected chi connectivity index (χ1v) is 9.42. The molecule has 0 aromatic carbocycles. The maximum atomic E-state index is 11.4. The van der Waals surface area contributed by atoms with E-state index in [2.05, 4.69) is 35.0 Å². The van der Waals surface area contributed by atoms with Gasteiger partial charge in [-0.3, -0.25) is 4.98 Å². The molecule has 0 spiro atoms. The molecule has 3 aromatic heterocycles. The number of aromatic nitrogens is 4. The minimum Gasteiger partial charge on any atom is -0.356 e. The van der Waals surface area contributed by atoms with Gasteiger partial charge in [-0.1, -0.05) is 13.8 Å². The second-order valence-electron chi connectivity index (χ2n) is 6.91. The Morgan fingerprint density at radius 1 is 1.11 bits per heavy atom. The molecule has 0 radical (unpaired) electrons. The second-order valence-corrected chi connectivity index (χ2v) is 6.91. The van der Waals surface area contributed by atoms with Crippen LogP contribution in [0.1, 0.15) is 43.6 Å². The van der Waals surface area contributed by atoms with Crippen molar-refractivity contribution in [1.82, 2.24) is 19.6 Å². The van der Waals surface area contributed by atoms with Crippen molar-refractivity contribution in [3.8, 4) is 11.3 Å². The average molecular weight is 366 g/mol. The molecule has 7 heteroatoms. The van der Waals surface area contributed by atoms with Gasteiger partial charge in [0.1, 0.15) is 17.2 Å². The SMILES string of the molecule is CCCN(CCC)c1cc(C)nc2c(-c3ncc(C)cc3N=O)c(C)nn12. The predicted octanol–water partition coefficient (Wildman–Crippen LogP) is 4.74. The molecule has 7 nitrogen and oxygen atoms in total. The minimum absolute atomic E-state index is 0.317. The van der Waals surface area contributed by atoms with Crippen LogP contribution in [-0.2, 0) is 0 Å². The summed E-state index contributed by atoms with van der Waals surface area (Å²) in [4.78, 5) is 22.9. The Morgan fingerprint density at radius 3 is 2.44 bits per heavy atom. The lowest BCUT2D eigenvalue weighted by Gasteiger charge is -2.24. The van der Waals surface area contributed by atoms with Gasteiger partial charge in [0.25, 0.3) is 0 Å². The summed E-state index contributed by atoms with van der Waals surface area (Å²) in [6, 6.07) is 3.81. The summed E-state index contributed by atoms with van der Waals surface area (Å²) in [5, 5.41) is 7.93. The number of hydrogen-bond acceptors (Lipinski definition) is 6. The maximum Gasteiger partial charge on any atom is 0.167 e. The highest BCUT2D eigenvalue weighted by Gasteiger charge is 2.22. The van der Waals surface area contributed by atoms with Gasteiger partial charge in [0.05, 0.1) is 11.3 Å². The van der Waals surface area contributed by atoms with Crippen LogP contribution in [0.5, 0.6) is 0 Å². The molecule has 3 heterocycles. The van der Waals surface area contributed by atoms with Gasteiger partial charge in [-0.25, -0.2) is 4.98 Å². The molecule has 3 aromatic rings. The molecule has 0 aliphatic carbocycles. The van der Waals surface area contributed by atoms with E-state index in [1.54, 1.807) is 12.3 Å². The largest absolute Gasteiger partial charge is 0.356 e. The summed E-state index contributed by atoms with van der Waals surface area (Å²) in [7, 11) is 0. The standard InChI is InChI=1S/C20H26N6O/c1-6-8-25(9-7-2)17-11-14(4)22-20-18(15(5)23-26(17)20)19-16(24-27)10-13(3)12-21-19/h10-12H,6-9H2,1-5H3. The van der Waals surface area contributed by atoms with Crippen LogP contribution >= 0.6 is 0 Å². The summed E-state index contributed by atoms with van der Waals surface area (Å²) in [5.41, 5.74) is 4.90. The normalized spacial score (nSPS) is 11.1. The van der Waals surface area contributed by atoms with Gasteiger partial charge in [-0.15, -0.1) is 4.91 Å². The molecule has 0 aliphatic heterocycles. The lowest BCUT2D eigenvalue weighted by Crippen LogP contribution is -2.27. The topological polar surface area (TPSA) is 75.8 Å². The van der Waals surface area contributed by atoms with Gasteiger partial charge < -0.3 is 4.90 Å². The molecule has 0 N–H and O–H groups in total. The van der Waals surface area contributed by atoms with Crippen LogP contribution in [0, 0.1) is 25.7 Å². The number of pyridine rings is 1. The molecule has 0 atom stereocenters. The number of hydrogen-bond donors (Lipinski definition) is 0. The third kappa shape index (κ3) is 3.54. The Hall–Kier alpha value is -2.83. The Morgan fingerprint density at radius 2 is 1.81 bits per heavy atom. The number of nitroso groups, excluding NO2 is 1. The van der Waals surface area contributed by atoms with Crippen LogP contribution in [0.4, 0.5) is 11.5 Å². The molecule has 3 rings (SSSR count). The van der Waals surface area contributed by atoms with Crippen molar-refractivity contribution in [1.29, 1.82) is 0 Å². The predicted molar refractivity (Wildman–Crippen MR) is 109 cm³/mol. The molecule has 142 valence electrons. The van der Waals surface area contributed by atoms with E-state index in [1.807, 2.05) is 25.3 Å². The summed E-state index contributed by atoms with van der Waals surface area (Å²) < 4.78 is 1.87. The Labute approximate surface area is 159 Å². The van der Waals surface area contributed by atoms with Gasteiger partial charge >= 0.3 is 0 Å². The zero-order valence-corrected chi connectivity index (χ0v) is 16.7. The Kier molecular flexibility index (Phi) is 5.48. The molecule has 0 saturated carbocycles. The summed E-state index contributed by atoms with van der Waals surface area (Å²) >= 11 is 0. The molecule has 0 fully saturated rings. The first-order chi connectivity index (χ1) is 13.0. The van der Waals surface area contributed by atoms with Gasteiger partial charge in [0.2, 0.25) is 0 Å². The van der Waals surface area contributed by atoms with E-state index in [0.717, 1.165) is 54.3 Å². The van der Waals surface area contributed by atoms with Crippen molar-refractivity contribution in [3.05, 3.63) is 40.2 Å². The zero-order valence-electron chi connectivity index (χ0n) is 16.7. The number of fused-ring (bicyclic) bond motifs is 1. The van der Waals surface area contributed by atoms with Crippen molar-refractivity contribution in [2.45, 2.75) is 47.5 Å². The fourth-order valence-electron chi connectivity index (χ4n) is 3.42. The van der Waals surface area contributed by atoms with E-state index in [-0.39, 0.29) is 0 Å². The third-order valence-electron chi connectivity index (χ3n) is 4.52. The van der Waals surface area contributed by atoms with E-state index < -0.39 is 0 Å². The quantitative estimate of drug-likeness (QED) is 0.565. The molecule has 0 bridgehead atoms. The third-order valence-corrected chi connectivity index (χ3v) is 4.52. The lowest BCUT2D eigenvalue weighted by atomic mass is 10.1.